The van der Waals surface area contributed by atoms with Crippen molar-refractivity contribution in [2.24, 2.45) is 0 Å². The van der Waals surface area contributed by atoms with Crippen LogP contribution in [0.4, 0.5) is 10.1 Å². The number of anilines is 1. The number of amides is 1. The van der Waals surface area contributed by atoms with Gasteiger partial charge in [0, 0.05) is 10.5 Å². The van der Waals surface area contributed by atoms with Crippen LogP contribution in [-0.2, 0) is 14.3 Å². The zero-order valence-corrected chi connectivity index (χ0v) is 14.9. The highest BCUT2D eigenvalue weighted by molar-refractivity contribution is 9.10. The molecule has 0 bridgehead atoms. The number of carbonyl (C=O) groups is 2. The van der Waals surface area contributed by atoms with E-state index in [4.69, 9.17) is 9.47 Å². The molecule has 7 heteroatoms. The first-order valence-electron chi connectivity index (χ1n) is 7.22. The first-order valence-corrected chi connectivity index (χ1v) is 8.01. The maximum absolute atomic E-state index is 13.6. The normalized spacial score (nSPS) is 10.5. The summed E-state index contributed by atoms with van der Waals surface area (Å²) in [5.74, 6) is -1.25. The summed E-state index contributed by atoms with van der Waals surface area (Å²) in [4.78, 5) is 23.3. The van der Waals surface area contributed by atoms with Crippen molar-refractivity contribution in [2.45, 2.75) is 0 Å². The second-order valence-corrected chi connectivity index (χ2v) is 5.81. The van der Waals surface area contributed by atoms with Gasteiger partial charge in [0.15, 0.2) is 6.61 Å². The molecule has 0 aliphatic rings. The summed E-state index contributed by atoms with van der Waals surface area (Å²) in [6.45, 7) is -0.517. The molecule has 2 rings (SSSR count). The molecule has 0 aromatic heterocycles. The molecule has 0 saturated carbocycles. The summed E-state index contributed by atoms with van der Waals surface area (Å²) in [5, 5.41) is 2.33. The van der Waals surface area contributed by atoms with Gasteiger partial charge in [0.2, 0.25) is 0 Å². The highest BCUT2D eigenvalue weighted by atomic mass is 79.9. The predicted octanol–water partition coefficient (Wildman–Crippen LogP) is 3.79. The molecule has 0 spiro atoms. The lowest BCUT2D eigenvalue weighted by Gasteiger charge is -2.06. The number of nitrogens with one attached hydrogen (secondary N) is 1. The fourth-order valence-corrected chi connectivity index (χ4v) is 2.20. The van der Waals surface area contributed by atoms with Gasteiger partial charge in [0.25, 0.3) is 5.91 Å². The van der Waals surface area contributed by atoms with Gasteiger partial charge in [-0.1, -0.05) is 28.1 Å². The van der Waals surface area contributed by atoms with E-state index in [1.165, 1.54) is 24.3 Å². The molecule has 1 N–H and O–H groups in total. The number of hydrogen-bond donors (Lipinski definition) is 1. The second kappa shape index (κ2) is 8.98. The maximum Gasteiger partial charge on any atom is 0.331 e. The van der Waals surface area contributed by atoms with Gasteiger partial charge in [-0.2, -0.15) is 0 Å². The molecule has 130 valence electrons. The van der Waals surface area contributed by atoms with Gasteiger partial charge in [-0.05, 0) is 42.0 Å². The van der Waals surface area contributed by atoms with Crippen LogP contribution in [-0.4, -0.2) is 25.6 Å². The third kappa shape index (κ3) is 6.04. The second-order valence-electron chi connectivity index (χ2n) is 4.89. The molecule has 0 heterocycles. The average molecular weight is 408 g/mol. The smallest absolute Gasteiger partial charge is 0.331 e. The Kier molecular flexibility index (Phi) is 6.71. The van der Waals surface area contributed by atoms with Gasteiger partial charge in [0.05, 0.1) is 12.8 Å². The molecule has 2 aromatic carbocycles. The van der Waals surface area contributed by atoms with Crippen molar-refractivity contribution in [1.29, 1.82) is 0 Å². The topological polar surface area (TPSA) is 64.6 Å². The Morgan fingerprint density at radius 1 is 1.24 bits per heavy atom. The molecule has 0 aliphatic carbocycles. The Hall–Kier alpha value is -2.67. The predicted molar refractivity (Wildman–Crippen MR) is 95.7 cm³/mol. The molecule has 1 amide bonds. The van der Waals surface area contributed by atoms with Crippen LogP contribution in [0.3, 0.4) is 0 Å². The van der Waals surface area contributed by atoms with Gasteiger partial charge in [-0.3, -0.25) is 4.79 Å². The number of hydrogen-bond acceptors (Lipinski definition) is 4. The molecule has 0 fully saturated rings. The van der Waals surface area contributed by atoms with Crippen LogP contribution >= 0.6 is 15.9 Å². The third-order valence-electron chi connectivity index (χ3n) is 3.06. The highest BCUT2D eigenvalue weighted by Crippen LogP contribution is 2.19. The Morgan fingerprint density at radius 3 is 2.76 bits per heavy atom. The lowest BCUT2D eigenvalue weighted by molar-refractivity contribution is -0.142. The number of halogens is 2. The van der Waals surface area contributed by atoms with Crippen LogP contribution in [0.15, 0.2) is 53.0 Å². The maximum atomic E-state index is 13.6. The van der Waals surface area contributed by atoms with Crippen molar-refractivity contribution in [2.75, 3.05) is 19.0 Å². The average Bonchev–Trinajstić information content (AvgIpc) is 2.60. The molecular weight excluding hydrogens is 393 g/mol. The fraction of sp³-hybridized carbons (Fsp3) is 0.111. The molecule has 0 aliphatic heterocycles. The quantitative estimate of drug-likeness (QED) is 0.584. The Bertz CT molecular complexity index is 807. The van der Waals surface area contributed by atoms with Gasteiger partial charge in [-0.25, -0.2) is 9.18 Å². The zero-order valence-electron chi connectivity index (χ0n) is 13.3. The number of carbonyl (C=O) groups excluding carboxylic acids is 2. The molecule has 0 saturated heterocycles. The van der Waals surface area contributed by atoms with Crippen molar-refractivity contribution < 1.29 is 23.5 Å². The molecule has 2 aromatic rings. The molecule has 25 heavy (non-hydrogen) atoms. The van der Waals surface area contributed by atoms with E-state index >= 15 is 0 Å². The number of ether oxygens (including phenoxy) is 2. The van der Waals surface area contributed by atoms with Crippen molar-refractivity contribution in [3.05, 3.63) is 64.4 Å². The summed E-state index contributed by atoms with van der Waals surface area (Å²) in [6, 6.07) is 11.3. The van der Waals surface area contributed by atoms with Crippen molar-refractivity contribution in [3.63, 3.8) is 0 Å². The van der Waals surface area contributed by atoms with E-state index < -0.39 is 24.3 Å². The fourth-order valence-electron chi connectivity index (χ4n) is 1.87. The number of benzene rings is 2. The minimum Gasteiger partial charge on any atom is -0.497 e. The van der Waals surface area contributed by atoms with Gasteiger partial charge < -0.3 is 14.8 Å². The minimum atomic E-state index is -0.686. The summed E-state index contributed by atoms with van der Waals surface area (Å²) < 4.78 is 24.1. The van der Waals surface area contributed by atoms with E-state index in [0.29, 0.717) is 10.2 Å². The Balaban J connectivity index is 1.84. The van der Waals surface area contributed by atoms with Crippen molar-refractivity contribution in [3.8, 4) is 5.75 Å². The van der Waals surface area contributed by atoms with E-state index in [1.54, 1.807) is 37.4 Å². The molecule has 0 unspecified atom stereocenters. The number of rotatable bonds is 6. The third-order valence-corrected chi connectivity index (χ3v) is 3.55. The first kappa shape index (κ1) is 18.7. The highest BCUT2D eigenvalue weighted by Gasteiger charge is 2.09. The Morgan fingerprint density at radius 2 is 2.04 bits per heavy atom. The Labute approximate surface area is 152 Å². The van der Waals surface area contributed by atoms with Crippen molar-refractivity contribution >= 4 is 39.6 Å². The first-order chi connectivity index (χ1) is 12.0. The minimum absolute atomic E-state index is 0.0103. The van der Waals surface area contributed by atoms with Gasteiger partial charge >= 0.3 is 5.97 Å². The number of esters is 1. The standard InChI is InChI=1S/C18H15BrFNO4/c1-24-14-4-2-3-12(9-14)5-8-18(23)25-11-17(22)21-16-7-6-13(19)10-15(16)20/h2-10H,11H2,1H3,(H,21,22)/b8-5+. The molecule has 0 radical (unpaired) electrons. The van der Waals surface area contributed by atoms with E-state index in [2.05, 4.69) is 21.2 Å². The summed E-state index contributed by atoms with van der Waals surface area (Å²) in [7, 11) is 1.55. The van der Waals surface area contributed by atoms with Crippen LogP contribution < -0.4 is 10.1 Å². The van der Waals surface area contributed by atoms with Gasteiger partial charge in [-0.15, -0.1) is 0 Å². The van der Waals surface area contributed by atoms with Crippen molar-refractivity contribution in [1.82, 2.24) is 0 Å². The largest absolute Gasteiger partial charge is 0.497 e. The molecule has 0 atom stereocenters. The lowest BCUT2D eigenvalue weighted by atomic mass is 10.2. The van der Waals surface area contributed by atoms with Crippen LogP contribution in [0.25, 0.3) is 6.08 Å². The zero-order chi connectivity index (χ0) is 18.2. The molecule has 5 nitrogen and oxygen atoms in total. The monoisotopic (exact) mass is 407 g/mol. The van der Waals surface area contributed by atoms with E-state index in [-0.39, 0.29) is 5.69 Å². The van der Waals surface area contributed by atoms with E-state index in [9.17, 15) is 14.0 Å². The molecular formula is C18H15BrFNO4. The van der Waals surface area contributed by atoms with Crippen LogP contribution in [0, 0.1) is 5.82 Å². The van der Waals surface area contributed by atoms with Crippen LogP contribution in [0.1, 0.15) is 5.56 Å². The van der Waals surface area contributed by atoms with E-state index in [0.717, 1.165) is 5.56 Å². The number of methoxy groups -OCH3 is 1. The SMILES string of the molecule is COc1cccc(/C=C/C(=O)OCC(=O)Nc2ccc(Br)cc2F)c1. The lowest BCUT2D eigenvalue weighted by Crippen LogP contribution is -2.20. The summed E-state index contributed by atoms with van der Waals surface area (Å²) in [6.07, 6.45) is 2.74. The summed E-state index contributed by atoms with van der Waals surface area (Å²) >= 11 is 3.12. The van der Waals surface area contributed by atoms with E-state index in [1.807, 2.05) is 0 Å². The van der Waals surface area contributed by atoms with Crippen LogP contribution in [0.5, 0.6) is 5.75 Å². The van der Waals surface area contributed by atoms with Gasteiger partial charge in [0.1, 0.15) is 11.6 Å². The van der Waals surface area contributed by atoms with Crippen LogP contribution in [0.2, 0.25) is 0 Å². The summed E-state index contributed by atoms with van der Waals surface area (Å²) in [5.41, 5.74) is 0.758.